The second-order valence-electron chi connectivity index (χ2n) is 10.7. The van der Waals surface area contributed by atoms with E-state index in [4.69, 9.17) is 9.72 Å². The lowest BCUT2D eigenvalue weighted by Gasteiger charge is -2.24. The van der Waals surface area contributed by atoms with Gasteiger partial charge in [0, 0.05) is 49.4 Å². The third kappa shape index (κ3) is 9.14. The molecule has 1 aliphatic rings. The van der Waals surface area contributed by atoms with Crippen molar-refractivity contribution in [2.45, 2.75) is 44.6 Å². The van der Waals surface area contributed by atoms with E-state index in [1.807, 2.05) is 12.1 Å². The molecule has 0 saturated heterocycles. The Hall–Kier alpha value is -4.71. The van der Waals surface area contributed by atoms with Crippen molar-refractivity contribution in [3.8, 4) is 17.0 Å². The topological polar surface area (TPSA) is 138 Å². The lowest BCUT2D eigenvalue weighted by atomic mass is 10.1. The molecule has 12 heteroatoms. The van der Waals surface area contributed by atoms with Crippen LogP contribution in [0.5, 0.6) is 5.75 Å². The number of hydrogen-bond donors (Lipinski definition) is 3. The van der Waals surface area contributed by atoms with Crippen molar-refractivity contribution >= 4 is 17.6 Å². The number of carbonyl (C=O) groups is 1. The van der Waals surface area contributed by atoms with Gasteiger partial charge in [-0.3, -0.25) is 19.9 Å². The van der Waals surface area contributed by atoms with E-state index in [1.165, 1.54) is 24.0 Å². The van der Waals surface area contributed by atoms with Gasteiger partial charge in [-0.05, 0) is 68.8 Å². The highest BCUT2D eigenvalue weighted by Crippen LogP contribution is 2.21. The molecular weight excluding hydrogens is 563 g/mol. The number of carboxylic acids is 1. The van der Waals surface area contributed by atoms with Crippen LogP contribution in [0, 0.1) is 5.82 Å². The number of aliphatic carboxylic acids is 1. The Morgan fingerprint density at radius 2 is 1.89 bits per heavy atom. The molecule has 0 radical (unpaired) electrons. The number of unbranched alkanes of at least 4 members (excludes halogenated alkanes) is 1. The van der Waals surface area contributed by atoms with E-state index >= 15 is 0 Å². The van der Waals surface area contributed by atoms with Crippen LogP contribution in [-0.4, -0.2) is 79.7 Å². The zero-order chi connectivity index (χ0) is 30.6. The van der Waals surface area contributed by atoms with Crippen molar-refractivity contribution in [3.05, 3.63) is 84.6 Å². The van der Waals surface area contributed by atoms with Crippen molar-refractivity contribution in [2.75, 3.05) is 43.4 Å². The Bertz CT molecular complexity index is 1510. The Labute approximate surface area is 256 Å². The highest BCUT2D eigenvalue weighted by molar-refractivity contribution is 5.77. The summed E-state index contributed by atoms with van der Waals surface area (Å²) in [5.74, 6) is 0.302. The molecule has 3 N–H and O–H groups in total. The van der Waals surface area contributed by atoms with Crippen molar-refractivity contribution in [1.29, 1.82) is 0 Å². The third-order valence-electron chi connectivity index (χ3n) is 7.43. The van der Waals surface area contributed by atoms with E-state index in [2.05, 4.69) is 47.6 Å². The summed E-state index contributed by atoms with van der Waals surface area (Å²) in [6.07, 6.45) is 14.3. The highest BCUT2D eigenvalue weighted by atomic mass is 19.1. The third-order valence-corrected chi connectivity index (χ3v) is 7.43. The Morgan fingerprint density at radius 1 is 1.02 bits per heavy atom. The Kier molecular flexibility index (Phi) is 10.9. The fourth-order valence-electron chi connectivity index (χ4n) is 5.09. The molecular formula is C32H37FN8O3. The molecule has 1 aliphatic heterocycles. The van der Waals surface area contributed by atoms with Crippen molar-refractivity contribution in [2.24, 2.45) is 0 Å². The number of anilines is 2. The SMILES string of the molecule is O=C(O)[C@H](CCN(CCCCc1ccc2c(n1)NCCC2)CCOc1cncc(F)c1)Nc1cncc(-c2ccncc2)n1. The predicted octanol–water partition coefficient (Wildman–Crippen LogP) is 4.48. The van der Waals surface area contributed by atoms with E-state index in [0.717, 1.165) is 68.5 Å². The van der Waals surface area contributed by atoms with Gasteiger partial charge >= 0.3 is 5.97 Å². The van der Waals surface area contributed by atoms with Gasteiger partial charge in [-0.15, -0.1) is 0 Å². The maximum atomic E-state index is 13.5. The summed E-state index contributed by atoms with van der Waals surface area (Å²) < 4.78 is 19.3. The van der Waals surface area contributed by atoms with Gasteiger partial charge in [0.2, 0.25) is 0 Å². The number of hydrogen-bond acceptors (Lipinski definition) is 10. The van der Waals surface area contributed by atoms with Crippen molar-refractivity contribution in [1.82, 2.24) is 29.8 Å². The van der Waals surface area contributed by atoms with E-state index < -0.39 is 17.8 Å². The number of nitrogens with zero attached hydrogens (tertiary/aromatic N) is 6. The van der Waals surface area contributed by atoms with Crippen LogP contribution in [-0.2, 0) is 17.6 Å². The monoisotopic (exact) mass is 600 g/mol. The van der Waals surface area contributed by atoms with Gasteiger partial charge in [0.1, 0.15) is 35.9 Å². The van der Waals surface area contributed by atoms with Crippen molar-refractivity contribution in [3.63, 3.8) is 0 Å². The minimum absolute atomic E-state index is 0.313. The summed E-state index contributed by atoms with van der Waals surface area (Å²) in [5, 5.41) is 16.4. The fourth-order valence-corrected chi connectivity index (χ4v) is 5.09. The molecule has 0 aliphatic carbocycles. The first-order valence-corrected chi connectivity index (χ1v) is 14.9. The summed E-state index contributed by atoms with van der Waals surface area (Å²) in [4.78, 5) is 35.8. The van der Waals surface area contributed by atoms with E-state index in [1.54, 1.807) is 18.6 Å². The normalized spacial score (nSPS) is 13.1. The Morgan fingerprint density at radius 3 is 2.73 bits per heavy atom. The summed E-state index contributed by atoms with van der Waals surface area (Å²) in [7, 11) is 0. The van der Waals surface area contributed by atoms with Crippen LogP contribution in [0.4, 0.5) is 16.0 Å². The summed E-state index contributed by atoms with van der Waals surface area (Å²) in [5.41, 5.74) is 3.80. The van der Waals surface area contributed by atoms with Crippen LogP contribution in [0.25, 0.3) is 11.3 Å². The first-order chi connectivity index (χ1) is 21.5. The van der Waals surface area contributed by atoms with Crippen LogP contribution in [0.15, 0.2) is 67.5 Å². The zero-order valence-electron chi connectivity index (χ0n) is 24.5. The number of aryl methyl sites for hydroxylation is 2. The number of fused-ring (bicyclic) bond motifs is 1. The molecule has 11 nitrogen and oxygen atoms in total. The van der Waals surface area contributed by atoms with E-state index in [-0.39, 0.29) is 0 Å². The highest BCUT2D eigenvalue weighted by Gasteiger charge is 2.20. The molecule has 5 rings (SSSR count). The molecule has 0 amide bonds. The average Bonchev–Trinajstić information content (AvgIpc) is 3.05. The maximum Gasteiger partial charge on any atom is 0.326 e. The van der Waals surface area contributed by atoms with Gasteiger partial charge in [0.25, 0.3) is 0 Å². The number of pyridine rings is 3. The van der Waals surface area contributed by atoms with Gasteiger partial charge in [-0.25, -0.2) is 19.2 Å². The minimum atomic E-state index is -0.977. The molecule has 0 spiro atoms. The molecule has 4 aromatic heterocycles. The van der Waals surface area contributed by atoms with Gasteiger partial charge < -0.3 is 20.5 Å². The minimum Gasteiger partial charge on any atom is -0.491 e. The van der Waals surface area contributed by atoms with Crippen LogP contribution in [0.2, 0.25) is 0 Å². The van der Waals surface area contributed by atoms with Crippen molar-refractivity contribution < 1.29 is 19.0 Å². The van der Waals surface area contributed by atoms with Crippen LogP contribution in [0.3, 0.4) is 0 Å². The molecule has 0 fully saturated rings. The largest absolute Gasteiger partial charge is 0.491 e. The molecule has 5 heterocycles. The number of halogens is 1. The quantitative estimate of drug-likeness (QED) is 0.157. The number of nitrogens with one attached hydrogen (secondary N) is 2. The van der Waals surface area contributed by atoms with E-state index in [0.29, 0.717) is 43.4 Å². The van der Waals surface area contributed by atoms with Gasteiger partial charge in [-0.2, -0.15) is 0 Å². The van der Waals surface area contributed by atoms with Gasteiger partial charge in [0.05, 0.1) is 30.5 Å². The number of ether oxygens (including phenoxy) is 1. The molecule has 0 aromatic carbocycles. The molecule has 1 atom stereocenters. The molecule has 0 saturated carbocycles. The summed E-state index contributed by atoms with van der Waals surface area (Å²) in [6.45, 7) is 3.07. The number of rotatable bonds is 16. The molecule has 44 heavy (non-hydrogen) atoms. The maximum absolute atomic E-state index is 13.5. The number of aromatic nitrogens is 5. The summed E-state index contributed by atoms with van der Waals surface area (Å²) >= 11 is 0. The first-order valence-electron chi connectivity index (χ1n) is 14.9. The summed E-state index contributed by atoms with van der Waals surface area (Å²) in [6, 6.07) is 8.34. The lowest BCUT2D eigenvalue weighted by molar-refractivity contribution is -0.138. The molecule has 0 unspecified atom stereocenters. The van der Waals surface area contributed by atoms with Gasteiger partial charge in [-0.1, -0.05) is 6.07 Å². The second kappa shape index (κ2) is 15.7. The smallest absolute Gasteiger partial charge is 0.326 e. The second-order valence-corrected chi connectivity index (χ2v) is 10.7. The fraction of sp³-hybridized carbons (Fsp3) is 0.375. The molecule has 4 aromatic rings. The Balaban J connectivity index is 1.17. The first kappa shape index (κ1) is 30.7. The average molecular weight is 601 g/mol. The standard InChI is InChI=1S/C32H37FN8O3/c33-25-18-27(20-35-19-25)44-17-16-41(14-2-1-5-26-7-6-24-4-3-11-37-31(24)38-26)15-10-28(32(42)43)39-30-22-36-21-29(40-30)23-8-12-34-13-9-23/h6-9,12-13,18-22,28H,1-5,10-11,14-17H2,(H,37,38)(H,39,40)(H,42,43)/t28-/m0/s1. The predicted molar refractivity (Wildman–Crippen MR) is 165 cm³/mol. The zero-order valence-corrected chi connectivity index (χ0v) is 24.5. The van der Waals surface area contributed by atoms with Gasteiger partial charge in [0.15, 0.2) is 0 Å². The van der Waals surface area contributed by atoms with Crippen LogP contribution < -0.4 is 15.4 Å². The molecule has 0 bridgehead atoms. The molecule has 230 valence electrons. The van der Waals surface area contributed by atoms with Crippen LogP contribution >= 0.6 is 0 Å². The lowest BCUT2D eigenvalue weighted by Crippen LogP contribution is -2.37. The van der Waals surface area contributed by atoms with E-state index in [9.17, 15) is 14.3 Å². The number of carboxylic acid groups (broad SMARTS) is 1. The van der Waals surface area contributed by atoms with Crippen LogP contribution in [0.1, 0.15) is 36.9 Å².